The van der Waals surface area contributed by atoms with Gasteiger partial charge in [0.25, 0.3) is 23.0 Å². The van der Waals surface area contributed by atoms with Gasteiger partial charge in [0.05, 0.1) is 40.2 Å². The lowest BCUT2D eigenvalue weighted by molar-refractivity contribution is -0.272. The molecule has 2 unspecified atom stereocenters. The normalized spacial score (nSPS) is 23.9. The minimum atomic E-state index is -5.05. The van der Waals surface area contributed by atoms with Gasteiger partial charge in [-0.05, 0) is 103 Å². The summed E-state index contributed by atoms with van der Waals surface area (Å²) < 4.78 is 101. The SMILES string of the molecule is CO[C@](C(=O)N1CCC[C@H]1c1nc2ccc([C@H]3CC[C@H](c4ccc5nc(C67CC6CCN7C(=O)[C@@](OC)(c6ccccc6)C(F)(F)F)[nH]c5c4)N3c3ccc(C(C)(C)C)cc3)cc2[nH]1)(c1ccccc1)C(F)(F)F. The number of fused-ring (bicyclic) bond motifs is 3. The standard InChI is InChI=1S/C57H57F6N7O4/c1-52(2,3)36-20-22-40(23-21-36)70-45(34-18-24-41-43(31-34)65-48(64-41)47-17-12-29-68(47)50(71)54(73-4,56(58,59)60)37-13-8-6-9-14-37)26-27-46(70)35-19-25-42-44(32-35)67-49(66-42)53-33-39(53)28-30-69(53)51(72)55(74-5,57(61,62)63)38-15-10-7-11-16-38/h6-11,13-16,18-25,31-32,39,45-47H,12,17,26-30,33H2,1-5H3,(H,64,65)(H,66,67)/t39?,45-,46-,47+,53?,54+,55+/m1/s1. The van der Waals surface area contributed by atoms with Crippen molar-refractivity contribution < 1.29 is 45.4 Å². The second-order valence-electron chi connectivity index (χ2n) is 21.3. The lowest BCUT2D eigenvalue weighted by atomic mass is 9.87. The summed E-state index contributed by atoms with van der Waals surface area (Å²) in [5.74, 6) is -1.58. The number of likely N-dealkylation sites (tertiary alicyclic amines) is 2. The van der Waals surface area contributed by atoms with Gasteiger partial charge >= 0.3 is 12.4 Å². The van der Waals surface area contributed by atoms with Gasteiger partial charge in [-0.1, -0.05) is 106 Å². The summed E-state index contributed by atoms with van der Waals surface area (Å²) in [7, 11) is 1.84. The maximum Gasteiger partial charge on any atom is 0.430 e. The molecule has 74 heavy (non-hydrogen) atoms. The van der Waals surface area contributed by atoms with Crippen molar-refractivity contribution >= 4 is 39.6 Å². The zero-order chi connectivity index (χ0) is 52.2. The van der Waals surface area contributed by atoms with Gasteiger partial charge in [0, 0.05) is 44.1 Å². The van der Waals surface area contributed by atoms with E-state index in [1.807, 2.05) is 30.3 Å². The lowest BCUT2D eigenvalue weighted by Crippen LogP contribution is -2.58. The van der Waals surface area contributed by atoms with E-state index in [2.05, 4.69) is 66.0 Å². The minimum absolute atomic E-state index is 0.0702. The molecule has 7 atom stereocenters. The third kappa shape index (κ3) is 7.61. The molecule has 0 bridgehead atoms. The van der Waals surface area contributed by atoms with E-state index in [0.29, 0.717) is 59.4 Å². The van der Waals surface area contributed by atoms with Gasteiger partial charge in [-0.15, -0.1) is 0 Å². The van der Waals surface area contributed by atoms with Gasteiger partial charge in [-0.25, -0.2) is 9.97 Å². The molecular formula is C57H57F6N7O4. The second kappa shape index (κ2) is 17.7. The molecule has 4 aliphatic rings. The van der Waals surface area contributed by atoms with Crippen molar-refractivity contribution in [3.05, 3.63) is 161 Å². The van der Waals surface area contributed by atoms with E-state index in [1.165, 1.54) is 63.9 Å². The molecule has 2 amide bonds. The molecule has 17 heteroatoms. The highest BCUT2D eigenvalue weighted by Crippen LogP contribution is 2.63. The van der Waals surface area contributed by atoms with Crippen molar-refractivity contribution in [3.8, 4) is 0 Å². The maximum absolute atomic E-state index is 15.2. The molecule has 1 saturated carbocycles. The van der Waals surface area contributed by atoms with E-state index < -0.39 is 46.9 Å². The van der Waals surface area contributed by atoms with Crippen LogP contribution in [-0.4, -0.2) is 81.2 Å². The number of piperidine rings is 1. The summed E-state index contributed by atoms with van der Waals surface area (Å²) in [6.07, 6.45) is -6.69. The highest BCUT2D eigenvalue weighted by molar-refractivity contribution is 5.90. The number of hydrogen-bond acceptors (Lipinski definition) is 7. The number of imidazole rings is 2. The fourth-order valence-electron chi connectivity index (χ4n) is 12.5. The molecule has 2 aromatic heterocycles. The monoisotopic (exact) mass is 1020 g/mol. The first-order valence-electron chi connectivity index (χ1n) is 25.1. The molecule has 386 valence electrons. The molecule has 7 aromatic rings. The molecule has 4 fully saturated rings. The van der Waals surface area contributed by atoms with Crippen molar-refractivity contribution in [2.24, 2.45) is 5.92 Å². The number of amides is 2. The molecule has 5 heterocycles. The van der Waals surface area contributed by atoms with Gasteiger partial charge in [0.15, 0.2) is 0 Å². The van der Waals surface area contributed by atoms with Crippen molar-refractivity contribution in [1.29, 1.82) is 0 Å². The van der Waals surface area contributed by atoms with Gasteiger partial charge in [0.2, 0.25) is 0 Å². The Morgan fingerprint density at radius 2 is 1.15 bits per heavy atom. The molecule has 1 aliphatic carbocycles. The quantitative estimate of drug-likeness (QED) is 0.124. The van der Waals surface area contributed by atoms with Crippen LogP contribution in [0.1, 0.15) is 117 Å². The average molecular weight is 1020 g/mol. The first kappa shape index (κ1) is 49.5. The first-order valence-corrected chi connectivity index (χ1v) is 25.1. The van der Waals surface area contributed by atoms with Crippen LogP contribution in [0.3, 0.4) is 0 Å². The first-order chi connectivity index (χ1) is 35.3. The lowest BCUT2D eigenvalue weighted by Gasteiger charge is -2.39. The number of carbonyl (C=O) groups excluding carboxylic acids is 2. The van der Waals surface area contributed by atoms with Crippen LogP contribution in [0.4, 0.5) is 32.0 Å². The Hall–Kier alpha value is -6.72. The predicted molar refractivity (Wildman–Crippen MR) is 267 cm³/mol. The van der Waals surface area contributed by atoms with Crippen molar-refractivity contribution in [3.63, 3.8) is 0 Å². The molecule has 3 saturated heterocycles. The van der Waals surface area contributed by atoms with Crippen LogP contribution in [0.15, 0.2) is 121 Å². The number of H-pyrrole nitrogens is 2. The zero-order valence-corrected chi connectivity index (χ0v) is 41.7. The third-order valence-corrected chi connectivity index (χ3v) is 16.3. The molecule has 3 aliphatic heterocycles. The van der Waals surface area contributed by atoms with Gasteiger partial charge in [0.1, 0.15) is 17.2 Å². The number of aromatic nitrogens is 4. The molecule has 11 nitrogen and oxygen atoms in total. The van der Waals surface area contributed by atoms with E-state index in [1.54, 1.807) is 12.1 Å². The number of nitrogens with one attached hydrogen (secondary N) is 2. The van der Waals surface area contributed by atoms with Crippen molar-refractivity contribution in [2.45, 2.75) is 112 Å². The van der Waals surface area contributed by atoms with E-state index in [0.717, 1.165) is 43.9 Å². The fourth-order valence-corrected chi connectivity index (χ4v) is 12.5. The molecule has 0 spiro atoms. The number of halogens is 6. The number of ether oxygens (including phenoxy) is 2. The number of carbonyl (C=O) groups is 2. The Bertz CT molecular complexity index is 3250. The minimum Gasteiger partial charge on any atom is -0.357 e. The van der Waals surface area contributed by atoms with Crippen molar-refractivity contribution in [2.75, 3.05) is 32.2 Å². The molecule has 11 rings (SSSR count). The van der Waals surface area contributed by atoms with Crippen LogP contribution in [0, 0.1) is 5.92 Å². The molecular weight excluding hydrogens is 961 g/mol. The third-order valence-electron chi connectivity index (χ3n) is 16.3. The number of aromatic amines is 2. The zero-order valence-electron chi connectivity index (χ0n) is 41.7. The van der Waals surface area contributed by atoms with E-state index in [9.17, 15) is 9.59 Å². The van der Waals surface area contributed by atoms with E-state index in [4.69, 9.17) is 19.4 Å². The maximum atomic E-state index is 15.2. The Kier molecular flexibility index (Phi) is 11.8. The Morgan fingerprint density at radius 1 is 0.608 bits per heavy atom. The number of nitrogens with zero attached hydrogens (tertiary/aromatic N) is 5. The molecule has 2 N–H and O–H groups in total. The summed E-state index contributed by atoms with van der Waals surface area (Å²) >= 11 is 0. The fraction of sp³-hybridized carbons (Fsp3) is 0.404. The van der Waals surface area contributed by atoms with Crippen molar-refractivity contribution in [1.82, 2.24) is 29.7 Å². The van der Waals surface area contributed by atoms with Crippen LogP contribution < -0.4 is 4.90 Å². The second-order valence-corrected chi connectivity index (χ2v) is 21.3. The average Bonchev–Trinajstić information content (AvgIpc) is 4.07. The predicted octanol–water partition coefficient (Wildman–Crippen LogP) is 12.1. The smallest absolute Gasteiger partial charge is 0.357 e. The van der Waals surface area contributed by atoms with Gasteiger partial charge < -0.3 is 34.1 Å². The summed E-state index contributed by atoms with van der Waals surface area (Å²) in [6, 6.07) is 33.6. The highest BCUT2D eigenvalue weighted by Gasteiger charge is 2.72. The number of methoxy groups -OCH3 is 2. The number of rotatable bonds is 11. The van der Waals surface area contributed by atoms with Crippen LogP contribution >= 0.6 is 0 Å². The number of hydrogen-bond donors (Lipinski definition) is 2. The summed E-state index contributed by atoms with van der Waals surface area (Å²) in [5.41, 5.74) is -1.34. The highest BCUT2D eigenvalue weighted by atomic mass is 19.4. The molecule has 0 radical (unpaired) electrons. The summed E-state index contributed by atoms with van der Waals surface area (Å²) in [6.45, 7) is 6.72. The Labute approximate surface area is 424 Å². The van der Waals surface area contributed by atoms with E-state index in [-0.39, 0.29) is 47.6 Å². The Morgan fingerprint density at radius 3 is 1.68 bits per heavy atom. The topological polar surface area (TPSA) is 120 Å². The summed E-state index contributed by atoms with van der Waals surface area (Å²) in [4.78, 5) is 50.4. The number of alkyl halides is 6. The van der Waals surface area contributed by atoms with Gasteiger partial charge in [-0.3, -0.25) is 9.59 Å². The number of anilines is 1. The van der Waals surface area contributed by atoms with Crippen LogP contribution in [0.2, 0.25) is 0 Å². The van der Waals surface area contributed by atoms with Crippen LogP contribution in [-0.2, 0) is 41.2 Å². The van der Waals surface area contributed by atoms with Crippen LogP contribution in [0.25, 0.3) is 22.1 Å². The largest absolute Gasteiger partial charge is 0.430 e. The van der Waals surface area contributed by atoms with Crippen LogP contribution in [0.5, 0.6) is 0 Å². The van der Waals surface area contributed by atoms with Gasteiger partial charge in [-0.2, -0.15) is 26.3 Å². The molecule has 5 aromatic carbocycles. The summed E-state index contributed by atoms with van der Waals surface area (Å²) in [5, 5.41) is 0. The van der Waals surface area contributed by atoms with E-state index >= 15 is 26.3 Å². The number of benzene rings is 5. The Balaban J connectivity index is 0.914.